The highest BCUT2D eigenvalue weighted by molar-refractivity contribution is 5.85. The molecule has 112 valence electrons. The Morgan fingerprint density at radius 1 is 1.32 bits per heavy atom. The molecule has 2 amide bonds. The SMILES string of the molecule is CCCCC(CC)CNC(=O)N(C)C(C)(C)C(=O)O. The Hall–Kier alpha value is -1.26. The van der Waals surface area contributed by atoms with Crippen molar-refractivity contribution in [2.75, 3.05) is 13.6 Å². The van der Waals surface area contributed by atoms with Gasteiger partial charge in [-0.15, -0.1) is 0 Å². The molecule has 19 heavy (non-hydrogen) atoms. The third kappa shape index (κ3) is 5.49. The van der Waals surface area contributed by atoms with E-state index in [0.29, 0.717) is 12.5 Å². The highest BCUT2D eigenvalue weighted by atomic mass is 16.4. The Morgan fingerprint density at radius 3 is 2.32 bits per heavy atom. The van der Waals surface area contributed by atoms with Crippen LogP contribution in [-0.2, 0) is 4.79 Å². The van der Waals surface area contributed by atoms with Gasteiger partial charge in [0.25, 0.3) is 0 Å². The number of unbranched alkanes of at least 4 members (excludes halogenated alkanes) is 1. The minimum absolute atomic E-state index is 0.331. The molecule has 2 N–H and O–H groups in total. The first-order valence-electron chi connectivity index (χ1n) is 7.02. The highest BCUT2D eigenvalue weighted by Crippen LogP contribution is 2.14. The fraction of sp³-hybridized carbons (Fsp3) is 0.857. The van der Waals surface area contributed by atoms with Gasteiger partial charge in [0.1, 0.15) is 5.54 Å². The molecule has 0 aromatic carbocycles. The van der Waals surface area contributed by atoms with Crippen molar-refractivity contribution in [1.29, 1.82) is 0 Å². The lowest BCUT2D eigenvalue weighted by Crippen LogP contribution is -2.54. The summed E-state index contributed by atoms with van der Waals surface area (Å²) in [6.07, 6.45) is 4.42. The van der Waals surface area contributed by atoms with Gasteiger partial charge in [0.05, 0.1) is 0 Å². The lowest BCUT2D eigenvalue weighted by Gasteiger charge is -2.32. The summed E-state index contributed by atoms with van der Waals surface area (Å²) in [5, 5.41) is 11.9. The first-order chi connectivity index (χ1) is 8.77. The first kappa shape index (κ1) is 17.7. The van der Waals surface area contributed by atoms with E-state index in [0.717, 1.165) is 25.7 Å². The molecule has 0 saturated heterocycles. The van der Waals surface area contributed by atoms with E-state index >= 15 is 0 Å². The van der Waals surface area contributed by atoms with E-state index in [1.165, 1.54) is 25.8 Å². The molecule has 0 aliphatic rings. The molecule has 0 saturated carbocycles. The molecule has 0 aromatic rings. The molecule has 0 aromatic heterocycles. The van der Waals surface area contributed by atoms with Crippen molar-refractivity contribution in [3.63, 3.8) is 0 Å². The molecule has 5 nitrogen and oxygen atoms in total. The van der Waals surface area contributed by atoms with E-state index in [-0.39, 0.29) is 6.03 Å². The fourth-order valence-corrected chi connectivity index (χ4v) is 1.69. The average Bonchev–Trinajstić information content (AvgIpc) is 2.37. The highest BCUT2D eigenvalue weighted by Gasteiger charge is 2.35. The maximum absolute atomic E-state index is 11.9. The number of likely N-dealkylation sites (N-methyl/N-ethyl adjacent to an activating group) is 1. The van der Waals surface area contributed by atoms with Crippen molar-refractivity contribution < 1.29 is 14.7 Å². The standard InChI is InChI=1S/C14H28N2O3/c1-6-8-9-11(7-2)10-15-13(19)16(5)14(3,4)12(17)18/h11H,6-10H2,1-5H3,(H,15,19)(H,17,18). The van der Waals surface area contributed by atoms with Crippen molar-refractivity contribution in [3.05, 3.63) is 0 Å². The van der Waals surface area contributed by atoms with Gasteiger partial charge in [-0.3, -0.25) is 0 Å². The van der Waals surface area contributed by atoms with Crippen LogP contribution in [0.15, 0.2) is 0 Å². The van der Waals surface area contributed by atoms with Crippen LogP contribution in [0, 0.1) is 5.92 Å². The number of nitrogens with one attached hydrogen (secondary N) is 1. The lowest BCUT2D eigenvalue weighted by atomic mass is 9.99. The molecule has 1 atom stereocenters. The Labute approximate surface area is 116 Å². The van der Waals surface area contributed by atoms with Crippen molar-refractivity contribution >= 4 is 12.0 Å². The van der Waals surface area contributed by atoms with Gasteiger partial charge in [-0.2, -0.15) is 0 Å². The van der Waals surface area contributed by atoms with Crippen molar-refractivity contribution in [2.45, 2.75) is 58.9 Å². The Morgan fingerprint density at radius 2 is 1.89 bits per heavy atom. The molecule has 0 heterocycles. The van der Waals surface area contributed by atoms with Crippen LogP contribution in [0.4, 0.5) is 4.79 Å². The first-order valence-corrected chi connectivity index (χ1v) is 7.02. The van der Waals surface area contributed by atoms with Gasteiger partial charge in [-0.1, -0.05) is 33.1 Å². The Bertz CT molecular complexity index is 303. The zero-order valence-electron chi connectivity index (χ0n) is 12.8. The van der Waals surface area contributed by atoms with Gasteiger partial charge in [-0.05, 0) is 26.2 Å². The number of carboxylic acid groups (broad SMARTS) is 1. The molecule has 0 rings (SSSR count). The maximum Gasteiger partial charge on any atom is 0.329 e. The number of hydrogen-bond donors (Lipinski definition) is 2. The summed E-state index contributed by atoms with van der Waals surface area (Å²) in [5.74, 6) is -0.548. The van der Waals surface area contributed by atoms with Crippen molar-refractivity contribution in [2.24, 2.45) is 5.92 Å². The van der Waals surface area contributed by atoms with Gasteiger partial charge < -0.3 is 15.3 Å². The Balaban J connectivity index is 4.33. The number of aliphatic carboxylic acids is 1. The van der Waals surface area contributed by atoms with Crippen LogP contribution in [-0.4, -0.2) is 41.1 Å². The summed E-state index contributed by atoms with van der Waals surface area (Å²) in [6, 6.07) is -0.331. The van der Waals surface area contributed by atoms with E-state index in [9.17, 15) is 9.59 Å². The van der Waals surface area contributed by atoms with Crippen molar-refractivity contribution in [3.8, 4) is 0 Å². The van der Waals surface area contributed by atoms with Gasteiger partial charge in [0.2, 0.25) is 0 Å². The molecule has 0 radical (unpaired) electrons. The number of amides is 2. The summed E-state index contributed by atoms with van der Waals surface area (Å²) in [4.78, 5) is 24.3. The Kier molecular flexibility index (Phi) is 7.49. The van der Waals surface area contributed by atoms with Gasteiger partial charge in [0, 0.05) is 13.6 Å². The normalized spacial score (nSPS) is 12.9. The number of carbonyl (C=O) groups is 2. The van der Waals surface area contributed by atoms with E-state index < -0.39 is 11.5 Å². The predicted octanol–water partition coefficient (Wildman–Crippen LogP) is 2.71. The average molecular weight is 272 g/mol. The maximum atomic E-state index is 11.9. The molecule has 0 bridgehead atoms. The number of rotatable bonds is 8. The molecule has 0 aliphatic heterocycles. The van der Waals surface area contributed by atoms with E-state index in [1.54, 1.807) is 0 Å². The number of urea groups is 1. The largest absolute Gasteiger partial charge is 0.480 e. The fourth-order valence-electron chi connectivity index (χ4n) is 1.69. The second-order valence-corrected chi connectivity index (χ2v) is 5.53. The van der Waals surface area contributed by atoms with Crippen LogP contribution in [0.3, 0.4) is 0 Å². The number of carbonyl (C=O) groups excluding carboxylic acids is 1. The number of nitrogens with zero attached hydrogens (tertiary/aromatic N) is 1. The summed E-state index contributed by atoms with van der Waals surface area (Å²) in [6.45, 7) is 7.90. The monoisotopic (exact) mass is 272 g/mol. The van der Waals surface area contributed by atoms with Crippen LogP contribution in [0.5, 0.6) is 0 Å². The zero-order valence-corrected chi connectivity index (χ0v) is 12.8. The molecule has 1 unspecified atom stereocenters. The summed E-state index contributed by atoms with van der Waals surface area (Å²) in [7, 11) is 1.51. The number of carboxylic acids is 1. The summed E-state index contributed by atoms with van der Waals surface area (Å²) >= 11 is 0. The second-order valence-electron chi connectivity index (χ2n) is 5.53. The smallest absolute Gasteiger partial charge is 0.329 e. The van der Waals surface area contributed by atoms with Gasteiger partial charge in [-0.25, -0.2) is 9.59 Å². The molecule has 0 spiro atoms. The molecular formula is C14H28N2O3. The summed E-state index contributed by atoms with van der Waals surface area (Å²) in [5.41, 5.74) is -1.20. The van der Waals surface area contributed by atoms with Crippen LogP contribution < -0.4 is 5.32 Å². The zero-order chi connectivity index (χ0) is 15.1. The molecule has 5 heteroatoms. The predicted molar refractivity (Wildman–Crippen MR) is 76.2 cm³/mol. The van der Waals surface area contributed by atoms with Crippen molar-refractivity contribution in [1.82, 2.24) is 10.2 Å². The molecule has 0 aliphatic carbocycles. The molecule has 0 fully saturated rings. The van der Waals surface area contributed by atoms with Crippen LogP contribution in [0.2, 0.25) is 0 Å². The summed E-state index contributed by atoms with van der Waals surface area (Å²) < 4.78 is 0. The quantitative estimate of drug-likeness (QED) is 0.713. The van der Waals surface area contributed by atoms with E-state index in [1.807, 2.05) is 0 Å². The lowest BCUT2D eigenvalue weighted by molar-refractivity contribution is -0.146. The van der Waals surface area contributed by atoms with E-state index in [4.69, 9.17) is 5.11 Å². The van der Waals surface area contributed by atoms with Gasteiger partial charge >= 0.3 is 12.0 Å². The van der Waals surface area contributed by atoms with Crippen LogP contribution in [0.25, 0.3) is 0 Å². The second kappa shape index (κ2) is 8.02. The van der Waals surface area contributed by atoms with Crippen LogP contribution in [0.1, 0.15) is 53.4 Å². The van der Waals surface area contributed by atoms with E-state index in [2.05, 4.69) is 19.2 Å². The molecular weight excluding hydrogens is 244 g/mol. The minimum Gasteiger partial charge on any atom is -0.480 e. The third-order valence-corrected chi connectivity index (χ3v) is 3.75. The third-order valence-electron chi connectivity index (χ3n) is 3.75. The van der Waals surface area contributed by atoms with Gasteiger partial charge in [0.15, 0.2) is 0 Å². The van der Waals surface area contributed by atoms with Crippen LogP contribution >= 0.6 is 0 Å². The minimum atomic E-state index is -1.20. The number of hydrogen-bond acceptors (Lipinski definition) is 2. The topological polar surface area (TPSA) is 69.6 Å².